The number of aromatic amines is 1. The van der Waals surface area contributed by atoms with Crippen LogP contribution in [0, 0.1) is 10.1 Å². The highest BCUT2D eigenvalue weighted by atomic mass is 35.5. The van der Waals surface area contributed by atoms with Crippen LogP contribution in [0.25, 0.3) is 5.65 Å². The monoisotopic (exact) mass is 243 g/mol. The number of alkyl halides is 1. The minimum absolute atomic E-state index is 0.00597. The summed E-state index contributed by atoms with van der Waals surface area (Å²) in [5.74, 6) is -0.227. The summed E-state index contributed by atoms with van der Waals surface area (Å²) in [6.45, 7) is 0. The Morgan fingerprint density at radius 1 is 1.69 bits per heavy atom. The molecule has 84 valence electrons. The fourth-order valence-electron chi connectivity index (χ4n) is 1.34. The number of nitrogens with one attached hydrogen (secondary N) is 1. The van der Waals surface area contributed by atoms with Crippen molar-refractivity contribution in [2.75, 3.05) is 5.73 Å². The third-order valence-electron chi connectivity index (χ3n) is 1.99. The van der Waals surface area contributed by atoms with E-state index in [1.54, 1.807) is 0 Å². The van der Waals surface area contributed by atoms with Crippen LogP contribution in [0.5, 0.6) is 0 Å². The molecule has 0 aliphatic rings. The van der Waals surface area contributed by atoms with E-state index in [0.717, 1.165) is 4.52 Å². The van der Waals surface area contributed by atoms with Gasteiger partial charge in [-0.25, -0.2) is 4.98 Å². The molecule has 0 unspecified atom stereocenters. The predicted molar refractivity (Wildman–Crippen MR) is 56.4 cm³/mol. The summed E-state index contributed by atoms with van der Waals surface area (Å²) in [4.78, 5) is 25.4. The summed E-state index contributed by atoms with van der Waals surface area (Å²) in [5.41, 5.74) is 4.58. The zero-order valence-electron chi connectivity index (χ0n) is 7.81. The van der Waals surface area contributed by atoms with E-state index in [9.17, 15) is 14.9 Å². The molecule has 2 aromatic heterocycles. The van der Waals surface area contributed by atoms with E-state index in [2.05, 4.69) is 10.1 Å². The zero-order chi connectivity index (χ0) is 11.9. The van der Waals surface area contributed by atoms with Gasteiger partial charge in [-0.1, -0.05) is 0 Å². The Labute approximate surface area is 92.8 Å². The highest BCUT2D eigenvalue weighted by Crippen LogP contribution is 2.23. The van der Waals surface area contributed by atoms with Gasteiger partial charge in [0, 0.05) is 6.07 Å². The molecule has 0 atom stereocenters. The summed E-state index contributed by atoms with van der Waals surface area (Å²) >= 11 is 5.52. The largest absolute Gasteiger partial charge is 0.378 e. The van der Waals surface area contributed by atoms with Crippen LogP contribution >= 0.6 is 11.6 Å². The SMILES string of the molecule is Nc1[nH]n2c(=O)cc(CCl)nc2c1[N+](=O)[O-]. The standard InChI is InChI=1S/C7H6ClN5O3/c8-2-3-1-4(14)12-7(10-3)5(13(15)16)6(9)11-12/h1,11H,2,9H2. The van der Waals surface area contributed by atoms with Crippen molar-refractivity contribution in [1.29, 1.82) is 0 Å². The Balaban J connectivity index is 2.92. The van der Waals surface area contributed by atoms with E-state index in [0.29, 0.717) is 0 Å². The Morgan fingerprint density at radius 2 is 2.38 bits per heavy atom. The van der Waals surface area contributed by atoms with Crippen LogP contribution < -0.4 is 11.3 Å². The number of nitrogens with zero attached hydrogens (tertiary/aromatic N) is 3. The number of fused-ring (bicyclic) bond motifs is 1. The first-order valence-corrected chi connectivity index (χ1v) is 4.68. The van der Waals surface area contributed by atoms with Crippen LogP contribution in [-0.2, 0) is 5.88 Å². The van der Waals surface area contributed by atoms with E-state index in [-0.39, 0.29) is 23.0 Å². The van der Waals surface area contributed by atoms with Crippen molar-refractivity contribution in [3.8, 4) is 0 Å². The van der Waals surface area contributed by atoms with Gasteiger partial charge in [0.25, 0.3) is 5.56 Å². The van der Waals surface area contributed by atoms with Crippen LogP contribution in [0.2, 0.25) is 0 Å². The third kappa shape index (κ3) is 1.39. The molecule has 0 aliphatic heterocycles. The molecule has 0 aliphatic carbocycles. The van der Waals surface area contributed by atoms with Crippen molar-refractivity contribution < 1.29 is 4.92 Å². The number of nitro groups is 1. The first kappa shape index (κ1) is 10.4. The maximum absolute atomic E-state index is 11.5. The molecule has 2 aromatic rings. The summed E-state index contributed by atoms with van der Waals surface area (Å²) in [5, 5.41) is 13.1. The lowest BCUT2D eigenvalue weighted by Gasteiger charge is -1.94. The highest BCUT2D eigenvalue weighted by molar-refractivity contribution is 6.16. The molecule has 0 fully saturated rings. The van der Waals surface area contributed by atoms with Crippen molar-refractivity contribution in [2.24, 2.45) is 0 Å². The number of anilines is 1. The van der Waals surface area contributed by atoms with Gasteiger partial charge in [0.2, 0.25) is 5.65 Å². The fraction of sp³-hybridized carbons (Fsp3) is 0.143. The maximum Gasteiger partial charge on any atom is 0.354 e. The molecule has 2 heterocycles. The Bertz CT molecular complexity index is 631. The molecule has 2 rings (SSSR count). The van der Waals surface area contributed by atoms with Crippen molar-refractivity contribution in [1.82, 2.24) is 14.6 Å². The molecule has 8 nitrogen and oxygen atoms in total. The molecule has 0 bridgehead atoms. The second-order valence-corrected chi connectivity index (χ2v) is 3.28. The number of hydrogen-bond donors (Lipinski definition) is 2. The van der Waals surface area contributed by atoms with Crippen molar-refractivity contribution in [2.45, 2.75) is 5.88 Å². The lowest BCUT2D eigenvalue weighted by molar-refractivity contribution is -0.382. The molecule has 0 saturated heterocycles. The Kier molecular flexibility index (Phi) is 2.27. The van der Waals surface area contributed by atoms with Gasteiger partial charge in [0.05, 0.1) is 16.5 Å². The first-order chi connectivity index (χ1) is 7.54. The van der Waals surface area contributed by atoms with Gasteiger partial charge in [-0.05, 0) is 0 Å². The van der Waals surface area contributed by atoms with E-state index < -0.39 is 16.2 Å². The molecule has 9 heteroatoms. The number of aromatic nitrogens is 3. The fourth-order valence-corrected chi connectivity index (χ4v) is 1.48. The van der Waals surface area contributed by atoms with Gasteiger partial charge in [0.1, 0.15) is 0 Å². The number of rotatable bonds is 2. The third-order valence-corrected chi connectivity index (χ3v) is 2.26. The molecule has 0 saturated carbocycles. The quantitative estimate of drug-likeness (QED) is 0.445. The van der Waals surface area contributed by atoms with E-state index >= 15 is 0 Å². The summed E-state index contributed by atoms with van der Waals surface area (Å²) in [6, 6.07) is 1.18. The Morgan fingerprint density at radius 3 is 2.94 bits per heavy atom. The molecule has 0 spiro atoms. The van der Waals surface area contributed by atoms with Crippen molar-refractivity contribution >= 4 is 28.8 Å². The lowest BCUT2D eigenvalue weighted by Crippen LogP contribution is -2.15. The van der Waals surface area contributed by atoms with E-state index in [1.807, 2.05) is 0 Å². The molecular weight excluding hydrogens is 238 g/mol. The van der Waals surface area contributed by atoms with Gasteiger partial charge < -0.3 is 5.73 Å². The van der Waals surface area contributed by atoms with Crippen LogP contribution in [0.4, 0.5) is 11.5 Å². The number of nitrogen functional groups attached to an aromatic ring is 1. The molecule has 16 heavy (non-hydrogen) atoms. The number of nitrogens with two attached hydrogens (primary N) is 1. The lowest BCUT2D eigenvalue weighted by atomic mass is 10.4. The number of hydrogen-bond acceptors (Lipinski definition) is 5. The second kappa shape index (κ2) is 3.49. The van der Waals surface area contributed by atoms with E-state index in [1.165, 1.54) is 6.07 Å². The normalized spacial score (nSPS) is 10.8. The minimum Gasteiger partial charge on any atom is -0.378 e. The second-order valence-electron chi connectivity index (χ2n) is 3.01. The smallest absolute Gasteiger partial charge is 0.354 e. The van der Waals surface area contributed by atoms with Crippen molar-refractivity contribution in [3.63, 3.8) is 0 Å². The van der Waals surface area contributed by atoms with Crippen LogP contribution in [0.3, 0.4) is 0 Å². The predicted octanol–water partition coefficient (Wildman–Crippen LogP) is 0.252. The summed E-state index contributed by atoms with van der Waals surface area (Å²) < 4.78 is 0.906. The Hall–Kier alpha value is -2.09. The van der Waals surface area contributed by atoms with Crippen LogP contribution in [-0.4, -0.2) is 19.5 Å². The van der Waals surface area contributed by atoms with Crippen molar-refractivity contribution in [3.05, 3.63) is 32.2 Å². The van der Waals surface area contributed by atoms with Gasteiger partial charge in [0.15, 0.2) is 5.82 Å². The summed E-state index contributed by atoms with van der Waals surface area (Å²) in [6.07, 6.45) is 0. The first-order valence-electron chi connectivity index (χ1n) is 4.15. The zero-order valence-corrected chi connectivity index (χ0v) is 8.56. The van der Waals surface area contributed by atoms with E-state index in [4.69, 9.17) is 17.3 Å². The molecule has 0 aromatic carbocycles. The minimum atomic E-state index is -0.703. The number of halogens is 1. The summed E-state index contributed by atoms with van der Waals surface area (Å²) in [7, 11) is 0. The average molecular weight is 244 g/mol. The highest BCUT2D eigenvalue weighted by Gasteiger charge is 2.23. The van der Waals surface area contributed by atoms with Gasteiger partial charge in [-0.2, -0.15) is 4.52 Å². The maximum atomic E-state index is 11.5. The molecule has 3 N–H and O–H groups in total. The molecule has 0 amide bonds. The molecule has 0 radical (unpaired) electrons. The molecular formula is C7H6ClN5O3. The van der Waals surface area contributed by atoms with Crippen LogP contribution in [0.15, 0.2) is 10.9 Å². The number of H-pyrrole nitrogens is 1. The van der Waals surface area contributed by atoms with Gasteiger partial charge in [-0.15, -0.1) is 11.6 Å². The van der Waals surface area contributed by atoms with Gasteiger partial charge >= 0.3 is 5.69 Å². The average Bonchev–Trinajstić information content (AvgIpc) is 2.54. The van der Waals surface area contributed by atoms with Crippen LogP contribution in [0.1, 0.15) is 5.69 Å². The van der Waals surface area contributed by atoms with Gasteiger partial charge in [-0.3, -0.25) is 20.0 Å². The topological polar surface area (TPSA) is 119 Å².